The Morgan fingerprint density at radius 3 is 2.38 bits per heavy atom. The van der Waals surface area contributed by atoms with Crippen LogP contribution < -0.4 is 4.90 Å². The molecule has 160 valence electrons. The predicted octanol–water partition coefficient (Wildman–Crippen LogP) is 3.29. The molecule has 3 heterocycles. The van der Waals surface area contributed by atoms with Crippen molar-refractivity contribution < 1.29 is 23.5 Å². The Kier molecular flexibility index (Phi) is 5.89. The lowest BCUT2D eigenvalue weighted by Crippen LogP contribution is -2.27. The fraction of sp³-hybridized carbons (Fsp3) is 0.0870. The molecule has 0 saturated heterocycles. The number of hydrogen-bond donors (Lipinski definition) is 0. The monoisotopic (exact) mass is 430 g/mol. The van der Waals surface area contributed by atoms with Crippen molar-refractivity contribution in [2.45, 2.75) is 0 Å². The smallest absolute Gasteiger partial charge is 0.355 e. The van der Waals surface area contributed by atoms with Gasteiger partial charge < -0.3 is 18.8 Å². The maximum Gasteiger partial charge on any atom is 0.355 e. The summed E-state index contributed by atoms with van der Waals surface area (Å²) in [5.74, 6) is -0.823. The minimum Gasteiger partial charge on any atom is -0.465 e. The molecule has 0 atom stereocenters. The zero-order valence-corrected chi connectivity index (χ0v) is 17.3. The molecule has 1 aliphatic rings. The summed E-state index contributed by atoms with van der Waals surface area (Å²) in [6.45, 7) is 0. The van der Waals surface area contributed by atoms with Gasteiger partial charge in [-0.05, 0) is 36.4 Å². The van der Waals surface area contributed by atoms with Crippen molar-refractivity contribution >= 4 is 17.6 Å². The van der Waals surface area contributed by atoms with Crippen molar-refractivity contribution in [2.24, 2.45) is 0 Å². The minimum absolute atomic E-state index is 0.00864. The molecule has 4 rings (SSSR count). The first kappa shape index (κ1) is 20.7. The second-order valence-electron chi connectivity index (χ2n) is 6.48. The van der Waals surface area contributed by atoms with E-state index >= 15 is 0 Å². The summed E-state index contributed by atoms with van der Waals surface area (Å²) in [6, 6.07) is 10.6. The number of methoxy groups -OCH3 is 2. The molecule has 0 fully saturated rings. The quantitative estimate of drug-likeness (QED) is 0.563. The number of allylic oxidation sites excluding steroid dienone is 2. The Bertz CT molecular complexity index is 1240. The number of ether oxygens (including phenoxy) is 2. The highest BCUT2D eigenvalue weighted by molar-refractivity contribution is 6.06. The summed E-state index contributed by atoms with van der Waals surface area (Å²) in [4.78, 5) is 30.6. The van der Waals surface area contributed by atoms with Crippen molar-refractivity contribution in [3.8, 4) is 22.9 Å². The maximum absolute atomic E-state index is 12.7. The van der Waals surface area contributed by atoms with Crippen molar-refractivity contribution in [2.75, 3.05) is 19.1 Å². The van der Waals surface area contributed by atoms with Crippen LogP contribution in [-0.4, -0.2) is 41.3 Å². The van der Waals surface area contributed by atoms with Gasteiger partial charge in [-0.3, -0.25) is 4.98 Å². The molecule has 1 aromatic carbocycles. The highest BCUT2D eigenvalue weighted by atomic mass is 16.5. The molecular weight excluding hydrogens is 412 g/mol. The van der Waals surface area contributed by atoms with Gasteiger partial charge in [-0.2, -0.15) is 0 Å². The molecule has 0 aliphatic carbocycles. The zero-order valence-electron chi connectivity index (χ0n) is 17.3. The lowest BCUT2D eigenvalue weighted by Gasteiger charge is -2.24. The Morgan fingerprint density at radius 1 is 0.906 bits per heavy atom. The Hall–Kier alpha value is -4.53. The minimum atomic E-state index is -0.709. The summed E-state index contributed by atoms with van der Waals surface area (Å²) in [6.07, 6.45) is 9.70. The standard InChI is InChI=1S/C23H18N4O5/c1-30-22(28)17-8-5-6-14-27(19(17)23(29)31-2)18-9-4-3-7-16(18)21-26-25-20(32-21)15-10-12-24-13-11-15/h3-14H,1-2H3. The van der Waals surface area contributed by atoms with Crippen LogP contribution in [0.1, 0.15) is 0 Å². The zero-order chi connectivity index (χ0) is 22.5. The van der Waals surface area contributed by atoms with Gasteiger partial charge >= 0.3 is 11.9 Å². The van der Waals surface area contributed by atoms with E-state index in [1.807, 2.05) is 0 Å². The van der Waals surface area contributed by atoms with E-state index < -0.39 is 11.9 Å². The first-order chi connectivity index (χ1) is 15.6. The number of pyridine rings is 1. The van der Waals surface area contributed by atoms with Crippen LogP contribution in [0.5, 0.6) is 0 Å². The van der Waals surface area contributed by atoms with Crippen LogP contribution in [0.15, 0.2) is 88.9 Å². The number of anilines is 1. The molecule has 1 aliphatic heterocycles. The molecule has 0 radical (unpaired) electrons. The van der Waals surface area contributed by atoms with E-state index in [9.17, 15) is 9.59 Å². The molecule has 0 N–H and O–H groups in total. The van der Waals surface area contributed by atoms with E-state index in [-0.39, 0.29) is 17.2 Å². The van der Waals surface area contributed by atoms with Gasteiger partial charge in [0.1, 0.15) is 5.70 Å². The summed E-state index contributed by atoms with van der Waals surface area (Å²) in [5, 5.41) is 8.30. The second-order valence-corrected chi connectivity index (χ2v) is 6.48. The largest absolute Gasteiger partial charge is 0.465 e. The number of para-hydroxylation sites is 1. The molecular formula is C23H18N4O5. The van der Waals surface area contributed by atoms with Crippen LogP contribution >= 0.6 is 0 Å². The summed E-state index contributed by atoms with van der Waals surface area (Å²) in [5.41, 5.74) is 1.84. The topological polar surface area (TPSA) is 108 Å². The van der Waals surface area contributed by atoms with E-state index in [1.54, 1.807) is 67.1 Å². The molecule has 9 nitrogen and oxygen atoms in total. The third kappa shape index (κ3) is 3.91. The van der Waals surface area contributed by atoms with Crippen LogP contribution in [0.25, 0.3) is 22.9 Å². The lowest BCUT2D eigenvalue weighted by atomic mass is 10.1. The number of aromatic nitrogens is 3. The predicted molar refractivity (Wildman–Crippen MR) is 115 cm³/mol. The number of carbonyl (C=O) groups excluding carboxylic acids is 2. The van der Waals surface area contributed by atoms with Gasteiger partial charge in [-0.1, -0.05) is 18.2 Å². The van der Waals surface area contributed by atoms with Crippen LogP contribution in [0, 0.1) is 0 Å². The number of hydrogen-bond acceptors (Lipinski definition) is 9. The van der Waals surface area contributed by atoms with Crippen LogP contribution in [-0.2, 0) is 19.1 Å². The average Bonchev–Trinajstić information content (AvgIpc) is 3.23. The molecule has 0 bridgehead atoms. The number of carbonyl (C=O) groups is 2. The Labute approximate surface area is 183 Å². The van der Waals surface area contributed by atoms with Gasteiger partial charge in [-0.25, -0.2) is 9.59 Å². The lowest BCUT2D eigenvalue weighted by molar-refractivity contribution is -0.139. The summed E-state index contributed by atoms with van der Waals surface area (Å²) in [7, 11) is 2.49. The Morgan fingerprint density at radius 2 is 1.62 bits per heavy atom. The van der Waals surface area contributed by atoms with E-state index in [2.05, 4.69) is 15.2 Å². The molecule has 3 aromatic rings. The first-order valence-corrected chi connectivity index (χ1v) is 9.52. The van der Waals surface area contributed by atoms with E-state index in [0.717, 1.165) is 5.56 Å². The molecule has 0 spiro atoms. The molecule has 0 unspecified atom stereocenters. The van der Waals surface area contributed by atoms with Crippen LogP contribution in [0.4, 0.5) is 5.69 Å². The van der Waals surface area contributed by atoms with Crippen molar-refractivity contribution in [3.63, 3.8) is 0 Å². The van der Waals surface area contributed by atoms with Crippen molar-refractivity contribution in [3.05, 3.63) is 84.5 Å². The van der Waals surface area contributed by atoms with E-state index in [1.165, 1.54) is 25.2 Å². The highest BCUT2D eigenvalue weighted by Crippen LogP contribution is 2.35. The summed E-state index contributed by atoms with van der Waals surface area (Å²) < 4.78 is 15.7. The molecule has 2 aromatic heterocycles. The van der Waals surface area contributed by atoms with Crippen LogP contribution in [0.3, 0.4) is 0 Å². The van der Waals surface area contributed by atoms with Gasteiger partial charge in [0.15, 0.2) is 0 Å². The molecule has 32 heavy (non-hydrogen) atoms. The fourth-order valence-corrected chi connectivity index (χ4v) is 3.16. The van der Waals surface area contributed by atoms with E-state index in [4.69, 9.17) is 13.9 Å². The number of rotatable bonds is 5. The molecule has 0 saturated carbocycles. The highest BCUT2D eigenvalue weighted by Gasteiger charge is 2.29. The first-order valence-electron chi connectivity index (χ1n) is 9.52. The second kappa shape index (κ2) is 9.09. The van der Waals surface area contributed by atoms with Crippen molar-refractivity contribution in [1.29, 1.82) is 0 Å². The third-order valence-corrected chi connectivity index (χ3v) is 4.64. The average molecular weight is 430 g/mol. The van der Waals surface area contributed by atoms with Gasteiger partial charge in [0, 0.05) is 24.2 Å². The number of nitrogens with zero attached hydrogens (tertiary/aromatic N) is 4. The maximum atomic E-state index is 12.7. The molecule has 9 heteroatoms. The van der Waals surface area contributed by atoms with E-state index in [0.29, 0.717) is 17.1 Å². The number of esters is 2. The third-order valence-electron chi connectivity index (χ3n) is 4.64. The Balaban J connectivity index is 1.85. The van der Waals surface area contributed by atoms with Gasteiger partial charge in [0.25, 0.3) is 0 Å². The van der Waals surface area contributed by atoms with Gasteiger partial charge in [0.05, 0.1) is 31.0 Å². The van der Waals surface area contributed by atoms with Crippen molar-refractivity contribution in [1.82, 2.24) is 15.2 Å². The number of benzene rings is 1. The normalized spacial score (nSPS) is 13.1. The van der Waals surface area contributed by atoms with Gasteiger partial charge in [0.2, 0.25) is 11.8 Å². The van der Waals surface area contributed by atoms with Gasteiger partial charge in [-0.15, -0.1) is 10.2 Å². The summed E-state index contributed by atoms with van der Waals surface area (Å²) >= 11 is 0. The SMILES string of the molecule is COC(=O)C1=C(C(=O)OC)N(c2ccccc2-c2nnc(-c3ccncc3)o2)C=CC=C1. The molecule has 0 amide bonds. The fourth-order valence-electron chi connectivity index (χ4n) is 3.16. The van der Waals surface area contributed by atoms with Crippen LogP contribution in [0.2, 0.25) is 0 Å².